The van der Waals surface area contributed by atoms with Gasteiger partial charge < -0.3 is 15.2 Å². The minimum absolute atomic E-state index is 0.0284. The van der Waals surface area contributed by atoms with E-state index in [1.807, 2.05) is 24.3 Å². The van der Waals surface area contributed by atoms with Crippen LogP contribution in [0, 0.1) is 11.3 Å². The Hall–Kier alpha value is -2.04. The predicted molar refractivity (Wildman–Crippen MR) is 85.1 cm³/mol. The van der Waals surface area contributed by atoms with E-state index in [1.165, 1.54) is 0 Å². The lowest BCUT2D eigenvalue weighted by Crippen LogP contribution is -2.43. The van der Waals surface area contributed by atoms with Gasteiger partial charge in [-0.1, -0.05) is 18.6 Å². The molecule has 124 valence electrons. The van der Waals surface area contributed by atoms with Crippen LogP contribution in [0.1, 0.15) is 50.1 Å². The molecule has 0 aromatic heterocycles. The number of hydrogen-bond donors (Lipinski definition) is 2. The highest BCUT2D eigenvalue weighted by Gasteiger charge is 2.46. The molecule has 2 aliphatic rings. The topological polar surface area (TPSA) is 75.6 Å². The summed E-state index contributed by atoms with van der Waals surface area (Å²) in [6.07, 6.45) is 4.38. The Bertz CT molecular complexity index is 588. The molecular weight excluding hydrogens is 294 g/mol. The molecular formula is C18H23NO4. The van der Waals surface area contributed by atoms with E-state index in [-0.39, 0.29) is 18.4 Å². The van der Waals surface area contributed by atoms with Crippen LogP contribution in [0.4, 0.5) is 0 Å². The van der Waals surface area contributed by atoms with Gasteiger partial charge >= 0.3 is 5.97 Å². The highest BCUT2D eigenvalue weighted by atomic mass is 16.5. The maximum Gasteiger partial charge on any atom is 0.310 e. The van der Waals surface area contributed by atoms with Gasteiger partial charge in [0, 0.05) is 6.42 Å². The van der Waals surface area contributed by atoms with Gasteiger partial charge in [0.1, 0.15) is 5.75 Å². The smallest absolute Gasteiger partial charge is 0.310 e. The summed E-state index contributed by atoms with van der Waals surface area (Å²) in [4.78, 5) is 23.8. The van der Waals surface area contributed by atoms with Gasteiger partial charge in [-0.2, -0.15) is 0 Å². The molecule has 0 saturated heterocycles. The molecule has 2 aliphatic carbocycles. The second-order valence-corrected chi connectivity index (χ2v) is 6.77. The number of methoxy groups -OCH3 is 1. The third-order valence-electron chi connectivity index (χ3n) is 5.15. The number of carbonyl (C=O) groups excluding carboxylic acids is 1. The molecule has 1 unspecified atom stereocenters. The third kappa shape index (κ3) is 3.33. The van der Waals surface area contributed by atoms with Crippen molar-refractivity contribution in [3.63, 3.8) is 0 Å². The summed E-state index contributed by atoms with van der Waals surface area (Å²) in [6.45, 7) is 0. The molecule has 2 fully saturated rings. The number of nitrogens with one attached hydrogen (secondary N) is 1. The number of rotatable bonds is 7. The normalized spacial score (nSPS) is 20.2. The van der Waals surface area contributed by atoms with E-state index >= 15 is 0 Å². The molecule has 23 heavy (non-hydrogen) atoms. The van der Waals surface area contributed by atoms with Crippen molar-refractivity contribution in [3.8, 4) is 5.75 Å². The van der Waals surface area contributed by atoms with Gasteiger partial charge in [-0.05, 0) is 49.3 Å². The average molecular weight is 317 g/mol. The number of aliphatic carboxylic acids is 1. The summed E-state index contributed by atoms with van der Waals surface area (Å²) >= 11 is 0. The first-order valence-electron chi connectivity index (χ1n) is 8.21. The van der Waals surface area contributed by atoms with Crippen LogP contribution in [-0.4, -0.2) is 24.1 Å². The summed E-state index contributed by atoms with van der Waals surface area (Å²) in [5.74, 6) is 0.245. The van der Waals surface area contributed by atoms with Crippen molar-refractivity contribution in [1.82, 2.24) is 5.32 Å². The lowest BCUT2D eigenvalue weighted by atomic mass is 9.66. The Morgan fingerprint density at radius 1 is 1.30 bits per heavy atom. The zero-order valence-electron chi connectivity index (χ0n) is 13.4. The van der Waals surface area contributed by atoms with Crippen molar-refractivity contribution in [1.29, 1.82) is 0 Å². The number of carbonyl (C=O) groups is 2. The molecule has 1 aromatic rings. The van der Waals surface area contributed by atoms with Gasteiger partial charge in [0.15, 0.2) is 0 Å². The first kappa shape index (κ1) is 15.8. The lowest BCUT2D eigenvalue weighted by Gasteiger charge is -2.37. The molecule has 0 aliphatic heterocycles. The largest absolute Gasteiger partial charge is 0.497 e. The Balaban J connectivity index is 1.67. The summed E-state index contributed by atoms with van der Waals surface area (Å²) < 4.78 is 5.17. The second-order valence-electron chi connectivity index (χ2n) is 6.77. The highest BCUT2D eigenvalue weighted by molar-refractivity contribution is 5.85. The van der Waals surface area contributed by atoms with E-state index in [0.29, 0.717) is 18.8 Å². The SMILES string of the molecule is COc1ccc(C(NC(=O)CC2(C(=O)O)CCC2)C2CC2)cc1. The maximum atomic E-state index is 12.4. The van der Waals surface area contributed by atoms with Crippen molar-refractivity contribution >= 4 is 11.9 Å². The number of hydrogen-bond acceptors (Lipinski definition) is 3. The number of carboxylic acids is 1. The van der Waals surface area contributed by atoms with Crippen LogP contribution < -0.4 is 10.1 Å². The molecule has 1 amide bonds. The number of carboxylic acid groups (broad SMARTS) is 1. The van der Waals surface area contributed by atoms with Crippen molar-refractivity contribution in [2.45, 2.75) is 44.6 Å². The van der Waals surface area contributed by atoms with Crippen molar-refractivity contribution < 1.29 is 19.4 Å². The van der Waals surface area contributed by atoms with E-state index in [0.717, 1.165) is 30.6 Å². The fraction of sp³-hybridized carbons (Fsp3) is 0.556. The zero-order chi connectivity index (χ0) is 16.4. The zero-order valence-corrected chi connectivity index (χ0v) is 13.4. The Kier molecular flexibility index (Phi) is 4.28. The lowest BCUT2D eigenvalue weighted by molar-refractivity contribution is -0.157. The van der Waals surface area contributed by atoms with Gasteiger partial charge in [0.25, 0.3) is 0 Å². The molecule has 5 nitrogen and oxygen atoms in total. The predicted octanol–water partition coefficient (Wildman–Crippen LogP) is 2.91. The van der Waals surface area contributed by atoms with Crippen LogP contribution >= 0.6 is 0 Å². The van der Waals surface area contributed by atoms with Crippen LogP contribution in [0.15, 0.2) is 24.3 Å². The molecule has 2 N–H and O–H groups in total. The monoisotopic (exact) mass is 317 g/mol. The van der Waals surface area contributed by atoms with Crippen molar-refractivity contribution in [2.24, 2.45) is 11.3 Å². The van der Waals surface area contributed by atoms with E-state index in [1.54, 1.807) is 7.11 Å². The first-order chi connectivity index (χ1) is 11.0. The minimum atomic E-state index is -0.841. The van der Waals surface area contributed by atoms with Crippen LogP contribution in [-0.2, 0) is 9.59 Å². The molecule has 3 rings (SSSR count). The Morgan fingerprint density at radius 3 is 2.39 bits per heavy atom. The fourth-order valence-corrected chi connectivity index (χ4v) is 3.32. The quantitative estimate of drug-likeness (QED) is 0.811. The van der Waals surface area contributed by atoms with Gasteiger partial charge in [0.05, 0.1) is 18.6 Å². The van der Waals surface area contributed by atoms with Gasteiger partial charge in [0.2, 0.25) is 5.91 Å². The number of amides is 1. The molecule has 0 heterocycles. The van der Waals surface area contributed by atoms with Gasteiger partial charge in [-0.15, -0.1) is 0 Å². The standard InChI is InChI=1S/C18H23NO4/c1-23-14-7-5-13(6-8-14)16(12-3-4-12)19-15(20)11-18(17(21)22)9-2-10-18/h5-8,12,16H,2-4,9-11H2,1H3,(H,19,20)(H,21,22). The molecule has 5 heteroatoms. The Morgan fingerprint density at radius 2 is 1.96 bits per heavy atom. The molecule has 0 spiro atoms. The summed E-state index contributed by atoms with van der Waals surface area (Å²) in [5, 5.41) is 12.4. The molecule has 0 bridgehead atoms. The summed E-state index contributed by atoms with van der Waals surface area (Å²) in [6, 6.07) is 7.69. The second kappa shape index (κ2) is 6.22. The van der Waals surface area contributed by atoms with Crippen LogP contribution in [0.25, 0.3) is 0 Å². The minimum Gasteiger partial charge on any atom is -0.497 e. The summed E-state index contributed by atoms with van der Waals surface area (Å²) in [7, 11) is 1.62. The van der Waals surface area contributed by atoms with E-state index in [2.05, 4.69) is 5.32 Å². The average Bonchev–Trinajstić information content (AvgIpc) is 3.33. The van der Waals surface area contributed by atoms with E-state index in [4.69, 9.17) is 4.74 Å². The molecule has 1 atom stereocenters. The number of benzene rings is 1. The maximum absolute atomic E-state index is 12.4. The van der Waals surface area contributed by atoms with Gasteiger partial charge in [-0.3, -0.25) is 9.59 Å². The molecule has 0 radical (unpaired) electrons. The van der Waals surface area contributed by atoms with Crippen LogP contribution in [0.2, 0.25) is 0 Å². The highest BCUT2D eigenvalue weighted by Crippen LogP contribution is 2.45. The third-order valence-corrected chi connectivity index (χ3v) is 5.15. The first-order valence-corrected chi connectivity index (χ1v) is 8.21. The molecule has 2 saturated carbocycles. The molecule has 1 aromatic carbocycles. The van der Waals surface area contributed by atoms with E-state index < -0.39 is 11.4 Å². The Labute approximate surface area is 136 Å². The van der Waals surface area contributed by atoms with Crippen molar-refractivity contribution in [2.75, 3.05) is 7.11 Å². The van der Waals surface area contributed by atoms with Gasteiger partial charge in [-0.25, -0.2) is 0 Å². The van der Waals surface area contributed by atoms with Crippen LogP contribution in [0.3, 0.4) is 0 Å². The van der Waals surface area contributed by atoms with Crippen LogP contribution in [0.5, 0.6) is 5.75 Å². The summed E-state index contributed by atoms with van der Waals surface area (Å²) in [5.41, 5.74) is 0.220. The fourth-order valence-electron chi connectivity index (χ4n) is 3.32. The number of ether oxygens (including phenoxy) is 1. The van der Waals surface area contributed by atoms with Crippen molar-refractivity contribution in [3.05, 3.63) is 29.8 Å². The van der Waals surface area contributed by atoms with E-state index in [9.17, 15) is 14.7 Å².